The summed E-state index contributed by atoms with van der Waals surface area (Å²) in [4.78, 5) is 62.8. The lowest BCUT2D eigenvalue weighted by Gasteiger charge is -2.38. The molecule has 0 saturated carbocycles. The summed E-state index contributed by atoms with van der Waals surface area (Å²) >= 11 is 11.1. The van der Waals surface area contributed by atoms with Gasteiger partial charge in [-0.1, -0.05) is 35.3 Å². The minimum atomic E-state index is -1.42. The number of aromatic nitrogens is 6. The van der Waals surface area contributed by atoms with Gasteiger partial charge in [0.15, 0.2) is 5.56 Å². The molecule has 1 fully saturated rings. The number of esters is 2. The Balaban J connectivity index is 0.000000257. The Morgan fingerprint density at radius 2 is 1.30 bits per heavy atom. The number of halogens is 3. The molecule has 61 heavy (non-hydrogen) atoms. The molecule has 0 unspecified atom stereocenters. The van der Waals surface area contributed by atoms with Crippen LogP contribution < -0.4 is 14.2 Å². The van der Waals surface area contributed by atoms with Gasteiger partial charge in [-0.25, -0.2) is 33.7 Å². The number of likely N-dealkylation sites (tertiary alicyclic amines) is 1. The highest BCUT2D eigenvalue weighted by Crippen LogP contribution is 2.31. The van der Waals surface area contributed by atoms with Crippen molar-refractivity contribution in [2.75, 3.05) is 33.0 Å². The maximum Gasteiger partial charge on any atom is 0.347 e. The van der Waals surface area contributed by atoms with E-state index < -0.39 is 29.3 Å². The predicted molar refractivity (Wildman–Crippen MR) is 219 cm³/mol. The number of rotatable bonds is 13. The first kappa shape index (κ1) is 47.3. The van der Waals surface area contributed by atoms with Gasteiger partial charge < -0.3 is 33.7 Å². The highest BCUT2D eigenvalue weighted by Gasteiger charge is 2.34. The van der Waals surface area contributed by atoms with Crippen molar-refractivity contribution in [1.29, 1.82) is 0 Å². The maximum absolute atomic E-state index is 13.6. The van der Waals surface area contributed by atoms with Crippen molar-refractivity contribution in [2.45, 2.75) is 59.6 Å². The molecule has 1 aliphatic rings. The molecule has 0 radical (unpaired) electrons. The SMILES string of the molecule is CCOC(=O)c1c(OCC)ccnc1Cl.CCOC(=O)c1c(OCC)ccnc1O[C@@H]1CC[C@@H](C)N(C(=O)c2ccccc2-n2nccn2)C1.O=C(O)c1c(F)ccnc1Cl. The first-order valence-electron chi connectivity index (χ1n) is 19.1. The lowest BCUT2D eigenvalue weighted by atomic mass is 9.99. The van der Waals surface area contributed by atoms with Crippen molar-refractivity contribution in [2.24, 2.45) is 0 Å². The Labute approximate surface area is 360 Å². The van der Waals surface area contributed by atoms with E-state index in [1.807, 2.05) is 39.0 Å². The molecule has 1 aromatic carbocycles. The van der Waals surface area contributed by atoms with E-state index in [0.717, 1.165) is 18.7 Å². The van der Waals surface area contributed by atoms with Crippen LogP contribution in [0.25, 0.3) is 5.69 Å². The molecule has 1 aliphatic heterocycles. The molecule has 324 valence electrons. The fourth-order valence-corrected chi connectivity index (χ4v) is 6.26. The Bertz CT molecular complexity index is 2250. The van der Waals surface area contributed by atoms with Gasteiger partial charge in [-0.05, 0) is 77.8 Å². The van der Waals surface area contributed by atoms with Crippen molar-refractivity contribution >= 4 is 47.0 Å². The smallest absolute Gasteiger partial charge is 0.347 e. The van der Waals surface area contributed by atoms with Crippen LogP contribution >= 0.6 is 23.2 Å². The van der Waals surface area contributed by atoms with E-state index in [-0.39, 0.29) is 58.6 Å². The van der Waals surface area contributed by atoms with Gasteiger partial charge in [0.05, 0.1) is 56.6 Å². The quantitative estimate of drug-likeness (QED) is 0.0917. The third kappa shape index (κ3) is 12.6. The monoisotopic (exact) mass is 883 g/mol. The lowest BCUT2D eigenvalue weighted by molar-refractivity contribution is 0.0350. The van der Waals surface area contributed by atoms with E-state index in [0.29, 0.717) is 48.9 Å². The summed E-state index contributed by atoms with van der Waals surface area (Å²) in [6, 6.07) is 11.4. The number of nitrogens with zero attached hydrogens (tertiary/aromatic N) is 7. The molecule has 0 spiro atoms. The number of ether oxygens (including phenoxy) is 5. The number of amides is 1. The number of carboxylic acids is 1. The molecule has 1 amide bonds. The summed E-state index contributed by atoms with van der Waals surface area (Å²) in [5, 5.41) is 16.5. The van der Waals surface area contributed by atoms with Crippen LogP contribution in [0.2, 0.25) is 10.3 Å². The number of pyridine rings is 3. The van der Waals surface area contributed by atoms with Gasteiger partial charge in [0.2, 0.25) is 5.88 Å². The highest BCUT2D eigenvalue weighted by atomic mass is 35.5. The molecule has 4 aromatic heterocycles. The molecular formula is C41H44Cl2FN7O10. The van der Waals surface area contributed by atoms with Gasteiger partial charge >= 0.3 is 17.9 Å². The van der Waals surface area contributed by atoms with Crippen LogP contribution in [-0.4, -0.2) is 109 Å². The maximum atomic E-state index is 13.6. The van der Waals surface area contributed by atoms with Crippen LogP contribution in [0.15, 0.2) is 73.4 Å². The number of piperidine rings is 1. The summed E-state index contributed by atoms with van der Waals surface area (Å²) in [5.74, 6) is -2.61. The van der Waals surface area contributed by atoms with E-state index in [1.54, 1.807) is 49.3 Å². The second-order valence-electron chi connectivity index (χ2n) is 12.5. The van der Waals surface area contributed by atoms with Gasteiger partial charge in [0.1, 0.15) is 44.9 Å². The summed E-state index contributed by atoms with van der Waals surface area (Å²) in [6.07, 6.45) is 8.33. The van der Waals surface area contributed by atoms with Gasteiger partial charge in [-0.15, -0.1) is 0 Å². The van der Waals surface area contributed by atoms with E-state index in [2.05, 4.69) is 25.1 Å². The predicted octanol–water partition coefficient (Wildman–Crippen LogP) is 7.19. The van der Waals surface area contributed by atoms with Gasteiger partial charge in [-0.3, -0.25) is 4.79 Å². The number of benzene rings is 1. The largest absolute Gasteiger partial charge is 0.493 e. The molecule has 20 heteroatoms. The molecule has 2 atom stereocenters. The zero-order chi connectivity index (χ0) is 44.5. The number of hydrogen-bond acceptors (Lipinski definition) is 14. The third-order valence-corrected chi connectivity index (χ3v) is 9.09. The topological polar surface area (TPSA) is 207 Å². The van der Waals surface area contributed by atoms with Crippen molar-refractivity contribution in [3.63, 3.8) is 0 Å². The standard InChI is InChI=1S/C25H29N5O5.C10H12ClNO3.C6H3ClFNO2/c1-4-33-21-12-13-26-23(22(21)25(32)34-5-2)35-18-11-10-17(3)29(16-18)24(31)19-8-6-7-9-20(19)30-27-14-15-28-30;1-3-14-7-5-6-12-9(11)8(7)10(13)15-4-2;7-5-4(6(10)11)3(8)1-2-9-5/h6-9,12-15,17-18H,4-5,10-11,16H2,1-3H3;5-6H,3-4H2,1-2H3;1-2H,(H,10,11)/t17-,18-;;/m1../s1. The zero-order valence-corrected chi connectivity index (χ0v) is 35.4. The normalized spacial score (nSPS) is 14.3. The minimum absolute atomic E-state index is 0.00762. The molecule has 1 saturated heterocycles. The Morgan fingerprint density at radius 1 is 0.738 bits per heavy atom. The van der Waals surface area contributed by atoms with Gasteiger partial charge in [0.25, 0.3) is 5.91 Å². The number of hydrogen-bond donors (Lipinski definition) is 1. The zero-order valence-electron chi connectivity index (χ0n) is 33.9. The van der Waals surface area contributed by atoms with Crippen molar-refractivity contribution < 1.29 is 52.4 Å². The lowest BCUT2D eigenvalue weighted by Crippen LogP contribution is -2.49. The summed E-state index contributed by atoms with van der Waals surface area (Å²) in [5.41, 5.74) is 0.855. The second kappa shape index (κ2) is 23.4. The second-order valence-corrected chi connectivity index (χ2v) is 13.2. The fraction of sp³-hybridized carbons (Fsp3) is 0.341. The Morgan fingerprint density at radius 3 is 1.87 bits per heavy atom. The van der Waals surface area contributed by atoms with E-state index in [9.17, 15) is 23.6 Å². The van der Waals surface area contributed by atoms with E-state index >= 15 is 0 Å². The van der Waals surface area contributed by atoms with Gasteiger partial charge in [0, 0.05) is 24.6 Å². The number of para-hydroxylation sites is 1. The van der Waals surface area contributed by atoms with Crippen LogP contribution in [0.5, 0.6) is 17.4 Å². The summed E-state index contributed by atoms with van der Waals surface area (Å²) in [7, 11) is 0. The van der Waals surface area contributed by atoms with Crippen LogP contribution in [0.4, 0.5) is 4.39 Å². The molecule has 5 aromatic rings. The van der Waals surface area contributed by atoms with Crippen molar-refractivity contribution in [3.05, 3.63) is 112 Å². The Kier molecular flexibility index (Phi) is 18.1. The third-order valence-electron chi connectivity index (χ3n) is 8.52. The average molecular weight is 885 g/mol. The molecule has 1 N–H and O–H groups in total. The van der Waals surface area contributed by atoms with E-state index in [1.165, 1.54) is 17.2 Å². The van der Waals surface area contributed by atoms with E-state index in [4.69, 9.17) is 52.0 Å². The fourth-order valence-electron chi connectivity index (χ4n) is 5.81. The number of carbonyl (C=O) groups excluding carboxylic acids is 3. The van der Waals surface area contributed by atoms with Crippen LogP contribution in [0.3, 0.4) is 0 Å². The highest BCUT2D eigenvalue weighted by molar-refractivity contribution is 6.33. The first-order chi connectivity index (χ1) is 29.4. The summed E-state index contributed by atoms with van der Waals surface area (Å²) in [6.45, 7) is 10.8. The summed E-state index contributed by atoms with van der Waals surface area (Å²) < 4.78 is 39.7. The minimum Gasteiger partial charge on any atom is -0.493 e. The van der Waals surface area contributed by atoms with Crippen LogP contribution in [-0.2, 0) is 9.47 Å². The van der Waals surface area contributed by atoms with Crippen LogP contribution in [0, 0.1) is 5.82 Å². The molecule has 0 aliphatic carbocycles. The molecule has 0 bridgehead atoms. The number of carboxylic acid groups (broad SMARTS) is 1. The number of aromatic carboxylic acids is 1. The average Bonchev–Trinajstić information content (AvgIpc) is 3.78. The molecule has 17 nitrogen and oxygen atoms in total. The first-order valence-corrected chi connectivity index (χ1v) is 19.8. The number of carbonyl (C=O) groups is 4. The van der Waals surface area contributed by atoms with Gasteiger partial charge in [-0.2, -0.15) is 15.0 Å². The molecule has 5 heterocycles. The Hall–Kier alpha value is -6.40. The van der Waals surface area contributed by atoms with Crippen LogP contribution in [0.1, 0.15) is 88.9 Å². The molecule has 6 rings (SSSR count). The van der Waals surface area contributed by atoms with Crippen molar-refractivity contribution in [1.82, 2.24) is 34.8 Å². The van der Waals surface area contributed by atoms with Crippen molar-refractivity contribution in [3.8, 4) is 23.1 Å². The molecular weight excluding hydrogens is 840 g/mol.